The third kappa shape index (κ3) is 3.09. The van der Waals surface area contributed by atoms with Crippen LogP contribution in [0.2, 0.25) is 0 Å². The molecule has 0 unspecified atom stereocenters. The highest BCUT2D eigenvalue weighted by atomic mass is 16.5. The fourth-order valence-electron chi connectivity index (χ4n) is 3.51. The van der Waals surface area contributed by atoms with Gasteiger partial charge in [-0.3, -0.25) is 4.79 Å². The van der Waals surface area contributed by atoms with Gasteiger partial charge in [-0.1, -0.05) is 24.3 Å². The lowest BCUT2D eigenvalue weighted by Gasteiger charge is -2.26. The maximum Gasteiger partial charge on any atom is 0.258 e. The molecule has 0 saturated heterocycles. The first-order valence-electron chi connectivity index (χ1n) is 8.55. The summed E-state index contributed by atoms with van der Waals surface area (Å²) in [7, 11) is 0. The van der Waals surface area contributed by atoms with E-state index in [1.165, 1.54) is 17.5 Å². The number of ether oxygens (including phenoxy) is 2. The number of hydrogen-bond acceptors (Lipinski definition) is 3. The maximum atomic E-state index is 12.3. The van der Waals surface area contributed by atoms with Crippen molar-refractivity contribution >= 4 is 5.91 Å². The molecule has 0 aromatic heterocycles. The van der Waals surface area contributed by atoms with Crippen LogP contribution in [0.5, 0.6) is 11.5 Å². The molecule has 1 aliphatic carbocycles. The van der Waals surface area contributed by atoms with Crippen molar-refractivity contribution in [3.63, 3.8) is 0 Å². The standard InChI is InChI=1S/C20H21NO3/c22-20(13-24-16-9-8-14-4-3-5-15(14)12-16)21-18-10-11-23-19-7-2-1-6-17(18)19/h1-2,6-9,12,18H,3-5,10-11,13H2,(H,21,22)/t18-/m1/s1. The van der Waals surface area contributed by atoms with Gasteiger partial charge >= 0.3 is 0 Å². The summed E-state index contributed by atoms with van der Waals surface area (Å²) in [5, 5.41) is 3.05. The Morgan fingerprint density at radius 3 is 3.00 bits per heavy atom. The number of nitrogens with one attached hydrogen (secondary N) is 1. The molecular formula is C20H21NO3. The molecule has 1 aliphatic heterocycles. The van der Waals surface area contributed by atoms with Gasteiger partial charge in [0.1, 0.15) is 11.5 Å². The second kappa shape index (κ2) is 6.56. The van der Waals surface area contributed by atoms with E-state index in [2.05, 4.69) is 17.4 Å². The first kappa shape index (κ1) is 15.1. The van der Waals surface area contributed by atoms with Gasteiger partial charge in [-0.25, -0.2) is 0 Å². The maximum absolute atomic E-state index is 12.3. The van der Waals surface area contributed by atoms with E-state index in [0.29, 0.717) is 6.61 Å². The van der Waals surface area contributed by atoms with Gasteiger partial charge in [-0.15, -0.1) is 0 Å². The molecule has 0 saturated carbocycles. The van der Waals surface area contributed by atoms with Crippen LogP contribution < -0.4 is 14.8 Å². The van der Waals surface area contributed by atoms with E-state index in [0.717, 1.165) is 36.3 Å². The Morgan fingerprint density at radius 1 is 1.17 bits per heavy atom. The van der Waals surface area contributed by atoms with Gasteiger partial charge < -0.3 is 14.8 Å². The summed E-state index contributed by atoms with van der Waals surface area (Å²) in [5.41, 5.74) is 3.80. The molecule has 1 N–H and O–H groups in total. The summed E-state index contributed by atoms with van der Waals surface area (Å²) in [6.45, 7) is 0.659. The van der Waals surface area contributed by atoms with E-state index in [-0.39, 0.29) is 18.6 Å². The van der Waals surface area contributed by atoms with E-state index in [1.54, 1.807) is 0 Å². The Kier molecular flexibility index (Phi) is 4.11. The lowest BCUT2D eigenvalue weighted by Crippen LogP contribution is -2.35. The lowest BCUT2D eigenvalue weighted by atomic mass is 10.0. The van der Waals surface area contributed by atoms with Crippen LogP contribution in [0.25, 0.3) is 0 Å². The molecule has 2 aromatic rings. The zero-order valence-electron chi connectivity index (χ0n) is 13.6. The summed E-state index contributed by atoms with van der Waals surface area (Å²) in [6, 6.07) is 14.0. The number of aryl methyl sites for hydroxylation is 2. The predicted molar refractivity (Wildman–Crippen MR) is 91.4 cm³/mol. The Bertz CT molecular complexity index is 756. The van der Waals surface area contributed by atoms with Crippen molar-refractivity contribution < 1.29 is 14.3 Å². The smallest absolute Gasteiger partial charge is 0.258 e. The lowest BCUT2D eigenvalue weighted by molar-refractivity contribution is -0.124. The van der Waals surface area contributed by atoms with Crippen molar-refractivity contribution in [3.05, 3.63) is 59.2 Å². The third-order valence-corrected chi connectivity index (χ3v) is 4.73. The minimum absolute atomic E-state index is 0.00827. The first-order chi connectivity index (χ1) is 11.8. The van der Waals surface area contributed by atoms with Crippen LogP contribution in [0.1, 0.15) is 35.6 Å². The first-order valence-corrected chi connectivity index (χ1v) is 8.55. The Hall–Kier alpha value is -2.49. The minimum atomic E-state index is -0.0998. The number of para-hydroxylation sites is 1. The number of amides is 1. The van der Waals surface area contributed by atoms with E-state index < -0.39 is 0 Å². The molecule has 0 bridgehead atoms. The molecule has 2 aliphatic rings. The highest BCUT2D eigenvalue weighted by molar-refractivity contribution is 5.78. The number of benzene rings is 2. The van der Waals surface area contributed by atoms with Gasteiger partial charge in [0.2, 0.25) is 0 Å². The van der Waals surface area contributed by atoms with Crippen molar-refractivity contribution in [1.82, 2.24) is 5.32 Å². The predicted octanol–water partition coefficient (Wildman–Crippen LogP) is 3.19. The molecule has 0 spiro atoms. The number of rotatable bonds is 4. The summed E-state index contributed by atoms with van der Waals surface area (Å²) in [6.07, 6.45) is 4.25. The normalized spacial score (nSPS) is 18.2. The highest BCUT2D eigenvalue weighted by Crippen LogP contribution is 2.31. The topological polar surface area (TPSA) is 47.6 Å². The second-order valence-electron chi connectivity index (χ2n) is 6.37. The average molecular weight is 323 g/mol. The van der Waals surface area contributed by atoms with Crippen molar-refractivity contribution in [3.8, 4) is 11.5 Å². The van der Waals surface area contributed by atoms with Crippen LogP contribution >= 0.6 is 0 Å². The largest absolute Gasteiger partial charge is 0.493 e. The zero-order valence-corrected chi connectivity index (χ0v) is 13.6. The Morgan fingerprint density at radius 2 is 2.04 bits per heavy atom. The summed E-state index contributed by atoms with van der Waals surface area (Å²) < 4.78 is 11.3. The quantitative estimate of drug-likeness (QED) is 0.940. The van der Waals surface area contributed by atoms with E-state index in [4.69, 9.17) is 9.47 Å². The monoisotopic (exact) mass is 323 g/mol. The summed E-state index contributed by atoms with van der Waals surface area (Å²) in [4.78, 5) is 12.3. The second-order valence-corrected chi connectivity index (χ2v) is 6.37. The van der Waals surface area contributed by atoms with Crippen LogP contribution in [0.15, 0.2) is 42.5 Å². The van der Waals surface area contributed by atoms with Gasteiger partial charge in [0.25, 0.3) is 5.91 Å². The van der Waals surface area contributed by atoms with Crippen LogP contribution in [0, 0.1) is 0 Å². The summed E-state index contributed by atoms with van der Waals surface area (Å²) >= 11 is 0. The van der Waals surface area contributed by atoms with Gasteiger partial charge in [0.15, 0.2) is 6.61 Å². The molecule has 2 aromatic carbocycles. The van der Waals surface area contributed by atoms with E-state index in [1.807, 2.05) is 30.3 Å². The van der Waals surface area contributed by atoms with Crippen LogP contribution in [0.4, 0.5) is 0 Å². The minimum Gasteiger partial charge on any atom is -0.493 e. The molecule has 4 nitrogen and oxygen atoms in total. The van der Waals surface area contributed by atoms with Crippen LogP contribution in [-0.4, -0.2) is 19.1 Å². The van der Waals surface area contributed by atoms with E-state index in [9.17, 15) is 4.79 Å². The van der Waals surface area contributed by atoms with Crippen molar-refractivity contribution in [2.24, 2.45) is 0 Å². The average Bonchev–Trinajstić information content (AvgIpc) is 3.08. The molecule has 0 radical (unpaired) electrons. The van der Waals surface area contributed by atoms with E-state index >= 15 is 0 Å². The Labute approximate surface area is 141 Å². The SMILES string of the molecule is O=C(COc1ccc2c(c1)CCC2)N[C@@H]1CCOc2ccccc21. The molecule has 1 heterocycles. The highest BCUT2D eigenvalue weighted by Gasteiger charge is 2.22. The number of carbonyl (C=O) groups is 1. The van der Waals surface area contributed by atoms with Gasteiger partial charge in [-0.05, 0) is 48.6 Å². The number of fused-ring (bicyclic) bond motifs is 2. The summed E-state index contributed by atoms with van der Waals surface area (Å²) in [5.74, 6) is 1.53. The molecule has 1 amide bonds. The Balaban J connectivity index is 1.36. The van der Waals surface area contributed by atoms with Crippen molar-refractivity contribution in [2.75, 3.05) is 13.2 Å². The van der Waals surface area contributed by atoms with Crippen LogP contribution in [-0.2, 0) is 17.6 Å². The van der Waals surface area contributed by atoms with Gasteiger partial charge in [0.05, 0.1) is 12.6 Å². The van der Waals surface area contributed by atoms with Crippen molar-refractivity contribution in [1.29, 1.82) is 0 Å². The molecule has 4 rings (SSSR count). The molecule has 24 heavy (non-hydrogen) atoms. The molecule has 124 valence electrons. The number of hydrogen-bond donors (Lipinski definition) is 1. The zero-order chi connectivity index (χ0) is 16.4. The van der Waals surface area contributed by atoms with Crippen LogP contribution in [0.3, 0.4) is 0 Å². The fourth-order valence-corrected chi connectivity index (χ4v) is 3.51. The fraction of sp³-hybridized carbons (Fsp3) is 0.350. The molecule has 1 atom stereocenters. The van der Waals surface area contributed by atoms with Gasteiger partial charge in [0, 0.05) is 12.0 Å². The molecule has 0 fully saturated rings. The number of carbonyl (C=O) groups excluding carboxylic acids is 1. The van der Waals surface area contributed by atoms with Gasteiger partial charge in [-0.2, -0.15) is 0 Å². The third-order valence-electron chi connectivity index (χ3n) is 4.73. The van der Waals surface area contributed by atoms with Crippen molar-refractivity contribution in [2.45, 2.75) is 31.7 Å². The molecule has 4 heteroatoms. The molecular weight excluding hydrogens is 302 g/mol.